The van der Waals surface area contributed by atoms with E-state index in [1.54, 1.807) is 0 Å². The maximum absolute atomic E-state index is 12.2. The molecule has 0 N–H and O–H groups in total. The Morgan fingerprint density at radius 3 is 2.95 bits per heavy atom. The van der Waals surface area contributed by atoms with Gasteiger partial charge in [-0.3, -0.25) is 9.78 Å². The molecule has 0 fully saturated rings. The van der Waals surface area contributed by atoms with E-state index in [0.717, 1.165) is 33.5 Å². The van der Waals surface area contributed by atoms with E-state index in [1.807, 2.05) is 54.4 Å². The highest BCUT2D eigenvalue weighted by atomic mass is 79.9. The molecule has 0 saturated heterocycles. The van der Waals surface area contributed by atoms with Crippen molar-refractivity contribution >= 4 is 33.5 Å². The molecule has 1 aliphatic heterocycles. The van der Waals surface area contributed by atoms with E-state index >= 15 is 0 Å². The van der Waals surface area contributed by atoms with Crippen LogP contribution < -0.4 is 0 Å². The van der Waals surface area contributed by atoms with Gasteiger partial charge >= 0.3 is 0 Å². The number of ketones is 1. The number of hydrogen-bond acceptors (Lipinski definition) is 3. The summed E-state index contributed by atoms with van der Waals surface area (Å²) >= 11 is 5.36. The first-order valence-corrected chi connectivity index (χ1v) is 8.29. The van der Waals surface area contributed by atoms with Crippen molar-refractivity contribution in [3.05, 3.63) is 58.3 Å². The number of hydrogen-bond donors (Lipinski definition) is 0. The summed E-state index contributed by atoms with van der Waals surface area (Å²) in [6, 6.07) is 11.8. The fourth-order valence-electron chi connectivity index (χ4n) is 2.39. The average molecular weight is 348 g/mol. The molecule has 2 nitrogen and oxygen atoms in total. The van der Waals surface area contributed by atoms with Crippen LogP contribution in [-0.4, -0.2) is 16.0 Å². The number of pyridine rings is 1. The van der Waals surface area contributed by atoms with Gasteiger partial charge in [-0.05, 0) is 47.0 Å². The topological polar surface area (TPSA) is 30.0 Å². The van der Waals surface area contributed by atoms with Crippen molar-refractivity contribution in [3.63, 3.8) is 0 Å². The highest BCUT2D eigenvalue weighted by molar-refractivity contribution is 9.10. The van der Waals surface area contributed by atoms with Crippen molar-refractivity contribution in [2.45, 2.75) is 29.4 Å². The van der Waals surface area contributed by atoms with Crippen molar-refractivity contribution in [2.24, 2.45) is 0 Å². The molecule has 2 aromatic rings. The van der Waals surface area contributed by atoms with Crippen molar-refractivity contribution < 1.29 is 4.79 Å². The minimum absolute atomic E-state index is 0.256. The lowest BCUT2D eigenvalue weighted by Gasteiger charge is -2.23. The molecule has 0 radical (unpaired) electrons. The SMILES string of the molecule is O=C1C[C@@H](CCc2ccccn2)Sc2c(Br)cccc21. The van der Waals surface area contributed by atoms with Gasteiger partial charge in [-0.15, -0.1) is 11.8 Å². The van der Waals surface area contributed by atoms with Crippen LogP contribution in [-0.2, 0) is 6.42 Å². The van der Waals surface area contributed by atoms with Gasteiger partial charge in [-0.25, -0.2) is 0 Å². The maximum Gasteiger partial charge on any atom is 0.165 e. The van der Waals surface area contributed by atoms with Crippen LogP contribution in [0, 0.1) is 0 Å². The van der Waals surface area contributed by atoms with E-state index in [2.05, 4.69) is 20.9 Å². The third kappa shape index (κ3) is 2.96. The number of benzene rings is 1. The molecule has 0 amide bonds. The Morgan fingerprint density at radius 2 is 2.15 bits per heavy atom. The molecule has 3 rings (SSSR count). The standard InChI is InChI=1S/C16H14BrNOS/c17-14-6-3-5-13-15(19)10-12(20-16(13)14)8-7-11-4-1-2-9-18-11/h1-6,9,12H,7-8,10H2/t12-/m1/s1. The van der Waals surface area contributed by atoms with E-state index in [9.17, 15) is 4.79 Å². The predicted molar refractivity (Wildman–Crippen MR) is 85.3 cm³/mol. The second-order valence-corrected chi connectivity index (χ2v) is 7.01. The Hall–Kier alpha value is -1.13. The van der Waals surface area contributed by atoms with Gasteiger partial charge in [-0.1, -0.05) is 18.2 Å². The molecule has 0 aliphatic carbocycles. The molecule has 2 heterocycles. The molecule has 0 spiro atoms. The van der Waals surface area contributed by atoms with E-state index in [0.29, 0.717) is 11.7 Å². The second-order valence-electron chi connectivity index (χ2n) is 4.84. The first-order valence-electron chi connectivity index (χ1n) is 6.62. The van der Waals surface area contributed by atoms with Gasteiger partial charge in [0.2, 0.25) is 0 Å². The normalized spacial score (nSPS) is 17.9. The zero-order chi connectivity index (χ0) is 13.9. The average Bonchev–Trinajstić information content (AvgIpc) is 2.47. The molecule has 20 heavy (non-hydrogen) atoms. The van der Waals surface area contributed by atoms with E-state index < -0.39 is 0 Å². The summed E-state index contributed by atoms with van der Waals surface area (Å²) in [5, 5.41) is 0.343. The molecule has 4 heteroatoms. The number of carbonyl (C=O) groups excluding carboxylic acids is 1. The van der Waals surface area contributed by atoms with Crippen LogP contribution in [0.25, 0.3) is 0 Å². The van der Waals surface area contributed by atoms with Crippen LogP contribution in [0.4, 0.5) is 0 Å². The summed E-state index contributed by atoms with van der Waals surface area (Å²) in [6.45, 7) is 0. The van der Waals surface area contributed by atoms with Crippen LogP contribution in [0.1, 0.15) is 28.9 Å². The molecule has 102 valence electrons. The number of carbonyl (C=O) groups is 1. The van der Waals surface area contributed by atoms with Gasteiger partial charge in [-0.2, -0.15) is 0 Å². The van der Waals surface area contributed by atoms with Crippen molar-refractivity contribution in [3.8, 4) is 0 Å². The van der Waals surface area contributed by atoms with E-state index in [-0.39, 0.29) is 5.78 Å². The van der Waals surface area contributed by atoms with Crippen LogP contribution in [0.3, 0.4) is 0 Å². The van der Waals surface area contributed by atoms with Gasteiger partial charge in [0.25, 0.3) is 0 Å². The summed E-state index contributed by atoms with van der Waals surface area (Å²) in [4.78, 5) is 17.6. The van der Waals surface area contributed by atoms with Crippen molar-refractivity contribution in [1.29, 1.82) is 0 Å². The predicted octanol–water partition coefficient (Wildman–Crippen LogP) is 4.52. The van der Waals surface area contributed by atoms with Gasteiger partial charge < -0.3 is 0 Å². The van der Waals surface area contributed by atoms with Crippen molar-refractivity contribution in [2.75, 3.05) is 0 Å². The monoisotopic (exact) mass is 347 g/mol. The van der Waals surface area contributed by atoms with Gasteiger partial charge in [0.05, 0.1) is 0 Å². The maximum atomic E-state index is 12.2. The molecular weight excluding hydrogens is 334 g/mol. The fraction of sp³-hybridized carbons (Fsp3) is 0.250. The number of Topliss-reactive ketones (excluding diaryl/α,β-unsaturated/α-hetero) is 1. The summed E-state index contributed by atoms with van der Waals surface area (Å²) in [7, 11) is 0. The Bertz CT molecular complexity index is 630. The highest BCUT2D eigenvalue weighted by Crippen LogP contribution is 2.41. The summed E-state index contributed by atoms with van der Waals surface area (Å²) in [5.41, 5.74) is 1.96. The summed E-state index contributed by atoms with van der Waals surface area (Å²) in [6.07, 6.45) is 4.35. The number of aromatic nitrogens is 1. The second kappa shape index (κ2) is 6.10. The molecule has 1 atom stereocenters. The lowest BCUT2D eigenvalue weighted by Crippen LogP contribution is -2.18. The lowest BCUT2D eigenvalue weighted by molar-refractivity contribution is 0.0975. The molecule has 1 aromatic carbocycles. The van der Waals surface area contributed by atoms with Gasteiger partial charge in [0.1, 0.15) is 0 Å². The third-order valence-corrected chi connectivity index (χ3v) is 5.75. The molecule has 0 saturated carbocycles. The van der Waals surface area contributed by atoms with Crippen molar-refractivity contribution in [1.82, 2.24) is 4.98 Å². The third-order valence-electron chi connectivity index (χ3n) is 3.41. The Balaban J connectivity index is 1.72. The summed E-state index contributed by atoms with van der Waals surface area (Å²) < 4.78 is 1.02. The van der Waals surface area contributed by atoms with Crippen LogP contribution in [0.2, 0.25) is 0 Å². The molecule has 1 aliphatic rings. The Kier molecular flexibility index (Phi) is 4.22. The van der Waals surface area contributed by atoms with E-state index in [4.69, 9.17) is 0 Å². The number of halogens is 1. The number of fused-ring (bicyclic) bond motifs is 1. The Morgan fingerprint density at radius 1 is 1.25 bits per heavy atom. The number of aryl methyl sites for hydroxylation is 1. The van der Waals surface area contributed by atoms with E-state index in [1.165, 1.54) is 0 Å². The van der Waals surface area contributed by atoms with Gasteiger partial charge in [0.15, 0.2) is 5.78 Å². The minimum atomic E-state index is 0.256. The van der Waals surface area contributed by atoms with Crippen LogP contribution in [0.5, 0.6) is 0 Å². The first kappa shape index (κ1) is 13.8. The molecule has 0 bridgehead atoms. The van der Waals surface area contributed by atoms with Crippen LogP contribution >= 0.6 is 27.7 Å². The zero-order valence-electron chi connectivity index (χ0n) is 10.9. The quantitative estimate of drug-likeness (QED) is 0.817. The lowest BCUT2D eigenvalue weighted by atomic mass is 10.0. The number of thioether (sulfide) groups is 1. The van der Waals surface area contributed by atoms with Gasteiger partial charge in [0, 0.05) is 38.5 Å². The summed E-state index contributed by atoms with van der Waals surface area (Å²) in [5.74, 6) is 0.256. The number of rotatable bonds is 3. The zero-order valence-corrected chi connectivity index (χ0v) is 13.3. The minimum Gasteiger partial charge on any atom is -0.294 e. The molecule has 1 aromatic heterocycles. The van der Waals surface area contributed by atoms with Crippen LogP contribution in [0.15, 0.2) is 52.0 Å². The molecule has 0 unspecified atom stereocenters. The smallest absolute Gasteiger partial charge is 0.165 e. The number of nitrogens with zero attached hydrogens (tertiary/aromatic N) is 1. The highest BCUT2D eigenvalue weighted by Gasteiger charge is 2.26. The first-order chi connectivity index (χ1) is 9.74. The molecular formula is C16H14BrNOS. The fourth-order valence-corrected chi connectivity index (χ4v) is 4.33. The largest absolute Gasteiger partial charge is 0.294 e. The Labute approximate surface area is 131 Å².